The van der Waals surface area contributed by atoms with Crippen molar-refractivity contribution >= 4 is 33.4 Å². The van der Waals surface area contributed by atoms with Gasteiger partial charge in [-0.1, -0.05) is 0 Å². The molecule has 3 heterocycles. The van der Waals surface area contributed by atoms with Gasteiger partial charge >= 0.3 is 0 Å². The van der Waals surface area contributed by atoms with Crippen LogP contribution in [0.25, 0.3) is 10.2 Å². The molecule has 3 rings (SSSR count). The molecule has 0 saturated heterocycles. The predicted octanol–water partition coefficient (Wildman–Crippen LogP) is 1.99. The molecule has 0 aliphatic rings. The molecule has 2 N–H and O–H groups in total. The van der Waals surface area contributed by atoms with Crippen LogP contribution in [0.3, 0.4) is 0 Å². The number of ether oxygens (including phenoxy) is 2. The fourth-order valence-corrected chi connectivity index (χ4v) is 3.97. The van der Waals surface area contributed by atoms with Crippen LogP contribution in [0.2, 0.25) is 0 Å². The minimum Gasteiger partial charge on any atom is -0.480 e. The summed E-state index contributed by atoms with van der Waals surface area (Å²) in [5, 5.41) is 6.32. The molecule has 0 spiro atoms. The molecule has 9 nitrogen and oxygen atoms in total. The first-order valence-electron chi connectivity index (χ1n) is 9.30. The van der Waals surface area contributed by atoms with Crippen molar-refractivity contribution in [1.29, 1.82) is 0 Å². The number of carbonyl (C=O) groups excluding carboxylic acids is 2. The highest BCUT2D eigenvalue weighted by molar-refractivity contribution is 7.20. The molecule has 0 radical (unpaired) electrons. The third-order valence-corrected chi connectivity index (χ3v) is 5.54. The van der Waals surface area contributed by atoms with Gasteiger partial charge in [-0.25, -0.2) is 4.98 Å². The van der Waals surface area contributed by atoms with Crippen LogP contribution in [-0.2, 0) is 22.7 Å². The molecule has 3 aromatic rings. The van der Waals surface area contributed by atoms with Crippen molar-refractivity contribution in [2.24, 2.45) is 0 Å². The van der Waals surface area contributed by atoms with Gasteiger partial charge in [0.2, 0.25) is 11.8 Å². The average molecular weight is 430 g/mol. The number of hydrogen-bond acceptors (Lipinski definition) is 8. The summed E-state index contributed by atoms with van der Waals surface area (Å²) >= 11 is 1.26. The van der Waals surface area contributed by atoms with E-state index in [1.165, 1.54) is 18.4 Å². The number of aryl methyl sites for hydroxylation is 1. The molecule has 0 fully saturated rings. The van der Waals surface area contributed by atoms with E-state index >= 15 is 0 Å². The number of hydrogen-bond donors (Lipinski definition) is 2. The number of methoxy groups -OCH3 is 2. The molecule has 3 aromatic heterocycles. The van der Waals surface area contributed by atoms with E-state index in [-0.39, 0.29) is 31.4 Å². The first-order valence-corrected chi connectivity index (χ1v) is 10.1. The quantitative estimate of drug-likeness (QED) is 0.534. The number of pyridine rings is 1. The van der Waals surface area contributed by atoms with E-state index in [9.17, 15) is 9.59 Å². The third-order valence-electron chi connectivity index (χ3n) is 4.35. The minimum atomic E-state index is -0.257. The Morgan fingerprint density at radius 3 is 2.60 bits per heavy atom. The molecule has 0 aliphatic carbocycles. The van der Waals surface area contributed by atoms with E-state index in [0.717, 1.165) is 11.1 Å². The maximum atomic E-state index is 12.7. The smallest absolute Gasteiger partial charge is 0.261 e. The second-order valence-corrected chi connectivity index (χ2v) is 7.46. The topological polar surface area (TPSA) is 115 Å². The number of fused-ring (bicyclic) bond motifs is 1. The summed E-state index contributed by atoms with van der Waals surface area (Å²) in [6, 6.07) is 3.67. The summed E-state index contributed by atoms with van der Waals surface area (Å²) in [6.07, 6.45) is 3.53. The van der Waals surface area contributed by atoms with Gasteiger partial charge < -0.3 is 20.1 Å². The van der Waals surface area contributed by atoms with Crippen LogP contribution in [0.1, 0.15) is 33.0 Å². The predicted molar refractivity (Wildman–Crippen MR) is 112 cm³/mol. The fraction of sp³-hybridized carbons (Fsp3) is 0.350. The van der Waals surface area contributed by atoms with Gasteiger partial charge in [0.25, 0.3) is 5.91 Å². The van der Waals surface area contributed by atoms with Crippen LogP contribution in [0.5, 0.6) is 5.88 Å². The van der Waals surface area contributed by atoms with Crippen molar-refractivity contribution in [3.63, 3.8) is 0 Å². The van der Waals surface area contributed by atoms with Gasteiger partial charge in [-0.15, -0.1) is 11.3 Å². The Bertz CT molecular complexity index is 1040. The maximum Gasteiger partial charge on any atom is 0.261 e. The highest BCUT2D eigenvalue weighted by atomic mass is 32.1. The van der Waals surface area contributed by atoms with Crippen molar-refractivity contribution in [3.8, 4) is 5.88 Å². The number of amides is 2. The largest absolute Gasteiger partial charge is 0.480 e. The lowest BCUT2D eigenvalue weighted by Crippen LogP contribution is -2.30. The molecule has 2 amide bonds. The number of nitrogens with zero attached hydrogens (tertiary/aromatic N) is 3. The molecule has 0 atom stereocenters. The second kappa shape index (κ2) is 10.1. The third kappa shape index (κ3) is 5.08. The Morgan fingerprint density at radius 1 is 1.13 bits per heavy atom. The number of nitrogens with one attached hydrogen (secondary N) is 2. The standard InChI is InChI=1S/C20H23N5O4S/c1-12-16-19(29-3)24-14(11-28-2)25-20(16)30-17(12)18(27)22-9-6-15(26)23-10-13-4-7-21-8-5-13/h4-5,7-8H,6,9-11H2,1-3H3,(H,22,27)(H,23,26). The zero-order valence-electron chi connectivity index (χ0n) is 17.0. The summed E-state index contributed by atoms with van der Waals surface area (Å²) in [5.74, 6) is 0.501. The first-order chi connectivity index (χ1) is 14.5. The summed E-state index contributed by atoms with van der Waals surface area (Å²) in [7, 11) is 3.09. The molecule has 0 unspecified atom stereocenters. The lowest BCUT2D eigenvalue weighted by Gasteiger charge is -2.07. The lowest BCUT2D eigenvalue weighted by molar-refractivity contribution is -0.121. The summed E-state index contributed by atoms with van der Waals surface area (Å²) in [4.78, 5) is 38.6. The normalized spacial score (nSPS) is 10.8. The van der Waals surface area contributed by atoms with Crippen molar-refractivity contribution in [2.45, 2.75) is 26.5 Å². The first kappa shape index (κ1) is 21.6. The van der Waals surface area contributed by atoms with Gasteiger partial charge in [0.1, 0.15) is 11.4 Å². The van der Waals surface area contributed by atoms with Gasteiger partial charge in [0.15, 0.2) is 5.82 Å². The van der Waals surface area contributed by atoms with E-state index in [1.807, 2.05) is 19.1 Å². The van der Waals surface area contributed by atoms with Crippen molar-refractivity contribution in [3.05, 3.63) is 46.4 Å². The van der Waals surface area contributed by atoms with Crippen LogP contribution >= 0.6 is 11.3 Å². The monoisotopic (exact) mass is 429 g/mol. The van der Waals surface area contributed by atoms with E-state index < -0.39 is 0 Å². The van der Waals surface area contributed by atoms with Crippen LogP contribution in [0.4, 0.5) is 0 Å². The van der Waals surface area contributed by atoms with Gasteiger partial charge in [-0.3, -0.25) is 14.6 Å². The molecule has 10 heteroatoms. The molecule has 0 aromatic carbocycles. The number of aromatic nitrogens is 3. The number of thiophene rings is 1. The fourth-order valence-electron chi connectivity index (χ4n) is 2.86. The summed E-state index contributed by atoms with van der Waals surface area (Å²) in [6.45, 7) is 2.73. The number of rotatable bonds is 9. The Kier molecular flexibility index (Phi) is 7.26. The molecule has 0 saturated carbocycles. The van der Waals surface area contributed by atoms with Gasteiger partial charge in [-0.05, 0) is 30.2 Å². The lowest BCUT2D eigenvalue weighted by atomic mass is 10.2. The van der Waals surface area contributed by atoms with Crippen LogP contribution in [0.15, 0.2) is 24.5 Å². The highest BCUT2D eigenvalue weighted by Gasteiger charge is 2.21. The van der Waals surface area contributed by atoms with Crippen molar-refractivity contribution in [1.82, 2.24) is 25.6 Å². The Labute approximate surface area is 177 Å². The zero-order chi connectivity index (χ0) is 21.5. The molecule has 0 bridgehead atoms. The average Bonchev–Trinajstić information content (AvgIpc) is 3.09. The van der Waals surface area contributed by atoms with E-state index in [2.05, 4.69) is 25.6 Å². The maximum absolute atomic E-state index is 12.7. The van der Waals surface area contributed by atoms with Crippen molar-refractivity contribution in [2.75, 3.05) is 20.8 Å². The highest BCUT2D eigenvalue weighted by Crippen LogP contribution is 2.34. The van der Waals surface area contributed by atoms with Crippen LogP contribution < -0.4 is 15.4 Å². The Hall–Kier alpha value is -3.11. The van der Waals surface area contributed by atoms with Gasteiger partial charge in [0, 0.05) is 39.0 Å². The van der Waals surface area contributed by atoms with E-state index in [1.54, 1.807) is 19.5 Å². The van der Waals surface area contributed by atoms with E-state index in [4.69, 9.17) is 9.47 Å². The second-order valence-electron chi connectivity index (χ2n) is 6.46. The van der Waals surface area contributed by atoms with Crippen molar-refractivity contribution < 1.29 is 19.1 Å². The minimum absolute atomic E-state index is 0.142. The molecule has 158 valence electrons. The number of carbonyl (C=O) groups is 2. The molecule has 30 heavy (non-hydrogen) atoms. The van der Waals surface area contributed by atoms with Crippen LogP contribution in [0, 0.1) is 6.92 Å². The molecule has 0 aliphatic heterocycles. The summed E-state index contributed by atoms with van der Waals surface area (Å²) in [5.41, 5.74) is 1.71. The molecular formula is C20H23N5O4S. The van der Waals surface area contributed by atoms with E-state index in [0.29, 0.717) is 33.3 Å². The molecular weight excluding hydrogens is 406 g/mol. The SMILES string of the molecule is COCc1nc(OC)c2c(C)c(C(=O)NCCC(=O)NCc3ccncc3)sc2n1. The van der Waals surface area contributed by atoms with Gasteiger partial charge in [0.05, 0.1) is 17.4 Å². The van der Waals surface area contributed by atoms with Crippen LogP contribution in [-0.4, -0.2) is 47.5 Å². The zero-order valence-corrected chi connectivity index (χ0v) is 17.8. The Morgan fingerprint density at radius 2 is 1.90 bits per heavy atom. The Balaban J connectivity index is 1.61. The summed E-state index contributed by atoms with van der Waals surface area (Å²) < 4.78 is 10.5. The van der Waals surface area contributed by atoms with Gasteiger partial charge in [-0.2, -0.15) is 4.98 Å².